The maximum Gasteiger partial charge on any atom is 0.265 e. The number of benzene rings is 3. The highest BCUT2D eigenvalue weighted by atomic mass is 35.5. The molecule has 3 aromatic carbocycles. The average molecular weight is 408 g/mol. The van der Waals surface area contributed by atoms with Crippen molar-refractivity contribution in [2.75, 3.05) is 5.32 Å². The fraction of sp³-hybridized carbons (Fsp3) is 0.167. The van der Waals surface area contributed by atoms with Crippen LogP contribution in [0.2, 0.25) is 5.02 Å². The molecule has 3 rings (SSSR count). The van der Waals surface area contributed by atoms with Gasteiger partial charge in [0.1, 0.15) is 5.75 Å². The smallest absolute Gasteiger partial charge is 0.265 e. The molecule has 0 heterocycles. The molecule has 0 unspecified atom stereocenters. The Balaban J connectivity index is 1.81. The summed E-state index contributed by atoms with van der Waals surface area (Å²) in [4.78, 5) is 25.6. The van der Waals surface area contributed by atoms with E-state index in [2.05, 4.69) is 5.32 Å². The topological polar surface area (TPSA) is 55.4 Å². The first kappa shape index (κ1) is 20.6. The van der Waals surface area contributed by atoms with E-state index >= 15 is 0 Å². The quantitative estimate of drug-likeness (QED) is 0.541. The van der Waals surface area contributed by atoms with Gasteiger partial charge in [0.15, 0.2) is 11.9 Å². The van der Waals surface area contributed by atoms with Crippen molar-refractivity contribution in [2.24, 2.45) is 0 Å². The maximum atomic E-state index is 12.9. The number of ketones is 1. The van der Waals surface area contributed by atoms with Crippen LogP contribution in [0, 0.1) is 13.8 Å². The molecule has 0 bridgehead atoms. The van der Waals surface area contributed by atoms with Crippen molar-refractivity contribution in [1.29, 1.82) is 0 Å². The Morgan fingerprint density at radius 2 is 1.69 bits per heavy atom. The molecule has 0 aliphatic carbocycles. The lowest BCUT2D eigenvalue weighted by Gasteiger charge is -2.18. The molecule has 1 amide bonds. The van der Waals surface area contributed by atoms with Crippen molar-refractivity contribution in [1.82, 2.24) is 0 Å². The number of halogens is 1. The van der Waals surface area contributed by atoms with Crippen molar-refractivity contribution in [3.8, 4) is 5.75 Å². The summed E-state index contributed by atoms with van der Waals surface area (Å²) in [5.41, 5.74) is 3.31. The molecule has 0 aliphatic heterocycles. The van der Waals surface area contributed by atoms with E-state index in [1.807, 2.05) is 38.1 Å². The van der Waals surface area contributed by atoms with Gasteiger partial charge in [-0.05, 0) is 56.2 Å². The Labute approximate surface area is 175 Å². The van der Waals surface area contributed by atoms with Crippen molar-refractivity contribution in [2.45, 2.75) is 26.9 Å². The normalized spacial score (nSPS) is 11.6. The summed E-state index contributed by atoms with van der Waals surface area (Å²) in [7, 11) is 0. The van der Waals surface area contributed by atoms with Crippen molar-refractivity contribution >= 4 is 29.0 Å². The predicted molar refractivity (Wildman–Crippen MR) is 116 cm³/mol. The van der Waals surface area contributed by atoms with Crippen LogP contribution in [0.5, 0.6) is 5.75 Å². The van der Waals surface area contributed by atoms with Crippen LogP contribution in [0.1, 0.15) is 34.0 Å². The fourth-order valence-electron chi connectivity index (χ4n) is 2.89. The molecule has 0 aliphatic rings. The number of hydrogen-bond acceptors (Lipinski definition) is 3. The van der Waals surface area contributed by atoms with Gasteiger partial charge in [0, 0.05) is 16.1 Å². The minimum Gasteiger partial charge on any atom is -0.481 e. The SMILES string of the molecule is Cc1cccc(O[C@H](C)C(=O)Nc2ccc(Cl)cc2C(=O)c2ccccc2)c1C. The standard InChI is InChI=1S/C24H22ClNO3/c1-15-8-7-11-22(16(15)2)29-17(3)24(28)26-21-13-12-19(25)14-20(21)23(27)18-9-5-4-6-10-18/h4-14,17H,1-3H3,(H,26,28)/t17-/m1/s1. The number of ether oxygens (including phenoxy) is 1. The first-order valence-corrected chi connectivity index (χ1v) is 9.67. The third kappa shape index (κ3) is 4.84. The molecule has 0 radical (unpaired) electrons. The van der Waals surface area contributed by atoms with Crippen LogP contribution in [-0.2, 0) is 4.79 Å². The van der Waals surface area contributed by atoms with E-state index in [0.29, 0.717) is 27.6 Å². The molecule has 4 nitrogen and oxygen atoms in total. The summed E-state index contributed by atoms with van der Waals surface area (Å²) in [6.45, 7) is 5.61. The average Bonchev–Trinajstić information content (AvgIpc) is 2.72. The zero-order valence-electron chi connectivity index (χ0n) is 16.5. The van der Waals surface area contributed by atoms with Gasteiger partial charge in [-0.3, -0.25) is 9.59 Å². The molecular weight excluding hydrogens is 386 g/mol. The summed E-state index contributed by atoms with van der Waals surface area (Å²) in [5.74, 6) is 0.0891. The van der Waals surface area contributed by atoms with Crippen LogP contribution in [0.25, 0.3) is 0 Å². The Hall–Kier alpha value is -3.11. The number of amides is 1. The molecule has 0 saturated carbocycles. The van der Waals surface area contributed by atoms with Gasteiger partial charge in [-0.2, -0.15) is 0 Å². The number of carbonyl (C=O) groups is 2. The van der Waals surface area contributed by atoms with Crippen LogP contribution in [0.3, 0.4) is 0 Å². The molecule has 0 fully saturated rings. The second-order valence-corrected chi connectivity index (χ2v) is 7.27. The number of nitrogens with one attached hydrogen (secondary N) is 1. The lowest BCUT2D eigenvalue weighted by molar-refractivity contribution is -0.122. The van der Waals surface area contributed by atoms with E-state index in [0.717, 1.165) is 11.1 Å². The Morgan fingerprint density at radius 1 is 0.966 bits per heavy atom. The van der Waals surface area contributed by atoms with E-state index in [1.165, 1.54) is 0 Å². The number of anilines is 1. The van der Waals surface area contributed by atoms with Crippen LogP contribution in [0.4, 0.5) is 5.69 Å². The van der Waals surface area contributed by atoms with E-state index in [-0.39, 0.29) is 11.7 Å². The predicted octanol–water partition coefficient (Wildman–Crippen LogP) is 5.59. The number of rotatable bonds is 6. The highest BCUT2D eigenvalue weighted by molar-refractivity contribution is 6.31. The van der Waals surface area contributed by atoms with Crippen LogP contribution in [-0.4, -0.2) is 17.8 Å². The Kier molecular flexibility index (Phi) is 6.35. The lowest BCUT2D eigenvalue weighted by Crippen LogP contribution is -2.31. The van der Waals surface area contributed by atoms with Crippen molar-refractivity contribution in [3.63, 3.8) is 0 Å². The molecule has 1 N–H and O–H groups in total. The number of hydrogen-bond donors (Lipinski definition) is 1. The van der Waals surface area contributed by atoms with Crippen LogP contribution >= 0.6 is 11.6 Å². The third-order valence-electron chi connectivity index (χ3n) is 4.75. The van der Waals surface area contributed by atoms with Crippen LogP contribution in [0.15, 0.2) is 66.7 Å². The Morgan fingerprint density at radius 3 is 2.41 bits per heavy atom. The molecule has 1 atom stereocenters. The zero-order valence-corrected chi connectivity index (χ0v) is 17.3. The van der Waals surface area contributed by atoms with Gasteiger partial charge in [0.05, 0.1) is 5.69 Å². The van der Waals surface area contributed by atoms with E-state index in [9.17, 15) is 9.59 Å². The molecule has 0 saturated heterocycles. The molecule has 148 valence electrons. The molecule has 3 aromatic rings. The summed E-state index contributed by atoms with van der Waals surface area (Å²) >= 11 is 6.10. The molecule has 29 heavy (non-hydrogen) atoms. The summed E-state index contributed by atoms with van der Waals surface area (Å²) < 4.78 is 5.85. The van der Waals surface area contributed by atoms with Gasteiger partial charge in [-0.15, -0.1) is 0 Å². The van der Waals surface area contributed by atoms with Gasteiger partial charge >= 0.3 is 0 Å². The monoisotopic (exact) mass is 407 g/mol. The van der Waals surface area contributed by atoms with E-state index in [4.69, 9.17) is 16.3 Å². The molecule has 0 aromatic heterocycles. The van der Waals surface area contributed by atoms with Gasteiger partial charge < -0.3 is 10.1 Å². The van der Waals surface area contributed by atoms with Gasteiger partial charge in [0.25, 0.3) is 5.91 Å². The zero-order chi connectivity index (χ0) is 21.0. The lowest BCUT2D eigenvalue weighted by atomic mass is 10.0. The minimum absolute atomic E-state index is 0.216. The van der Waals surface area contributed by atoms with Gasteiger partial charge in [0.2, 0.25) is 0 Å². The summed E-state index contributed by atoms with van der Waals surface area (Å²) in [5, 5.41) is 3.22. The minimum atomic E-state index is -0.745. The van der Waals surface area contributed by atoms with Gasteiger partial charge in [-0.1, -0.05) is 54.1 Å². The second-order valence-electron chi connectivity index (χ2n) is 6.83. The molecule has 5 heteroatoms. The van der Waals surface area contributed by atoms with E-state index in [1.54, 1.807) is 49.4 Å². The van der Waals surface area contributed by atoms with Crippen molar-refractivity contribution in [3.05, 3.63) is 94.0 Å². The first-order chi connectivity index (χ1) is 13.9. The Bertz CT molecular complexity index is 1050. The second kappa shape index (κ2) is 8.93. The first-order valence-electron chi connectivity index (χ1n) is 9.30. The summed E-state index contributed by atoms with van der Waals surface area (Å²) in [6.07, 6.45) is -0.745. The highest BCUT2D eigenvalue weighted by Crippen LogP contribution is 2.25. The fourth-order valence-corrected chi connectivity index (χ4v) is 3.06. The molecular formula is C24H22ClNO3. The van der Waals surface area contributed by atoms with Crippen LogP contribution < -0.4 is 10.1 Å². The largest absolute Gasteiger partial charge is 0.481 e. The van der Waals surface area contributed by atoms with Crippen molar-refractivity contribution < 1.29 is 14.3 Å². The number of carbonyl (C=O) groups excluding carboxylic acids is 2. The third-order valence-corrected chi connectivity index (χ3v) is 4.98. The molecule has 0 spiro atoms. The van der Waals surface area contributed by atoms with E-state index < -0.39 is 6.10 Å². The maximum absolute atomic E-state index is 12.9. The van der Waals surface area contributed by atoms with Gasteiger partial charge in [-0.25, -0.2) is 0 Å². The number of aryl methyl sites for hydroxylation is 1. The highest BCUT2D eigenvalue weighted by Gasteiger charge is 2.20. The summed E-state index contributed by atoms with van der Waals surface area (Å²) in [6, 6.07) is 19.4.